The summed E-state index contributed by atoms with van der Waals surface area (Å²) < 4.78 is 0. The van der Waals surface area contributed by atoms with Gasteiger partial charge in [-0.15, -0.1) is 0 Å². The van der Waals surface area contributed by atoms with E-state index < -0.39 is 5.54 Å². The largest absolute Gasteiger partial charge is 0.328 e. The molecule has 16 heavy (non-hydrogen) atoms. The van der Waals surface area contributed by atoms with Crippen molar-refractivity contribution in [3.63, 3.8) is 0 Å². The summed E-state index contributed by atoms with van der Waals surface area (Å²) in [6.45, 7) is 0.310. The molecule has 0 aliphatic heterocycles. The van der Waals surface area contributed by atoms with Crippen molar-refractivity contribution in [3.05, 3.63) is 60.2 Å². The van der Waals surface area contributed by atoms with E-state index in [-0.39, 0.29) is 0 Å². The number of nitrogens with two attached hydrogens (primary N) is 2. The van der Waals surface area contributed by atoms with Gasteiger partial charge in [0.05, 0.1) is 5.54 Å². The molecule has 2 aromatic heterocycles. The van der Waals surface area contributed by atoms with Crippen LogP contribution in [0, 0.1) is 0 Å². The highest BCUT2D eigenvalue weighted by molar-refractivity contribution is 5.35. The fourth-order valence-electron chi connectivity index (χ4n) is 1.66. The molecule has 2 rings (SSSR count). The Kier molecular flexibility index (Phi) is 2.94. The Morgan fingerprint density at radius 1 is 1.00 bits per heavy atom. The van der Waals surface area contributed by atoms with Crippen LogP contribution in [0.25, 0.3) is 0 Å². The van der Waals surface area contributed by atoms with Crippen LogP contribution < -0.4 is 11.5 Å². The monoisotopic (exact) mass is 214 g/mol. The molecule has 0 saturated carbocycles. The van der Waals surface area contributed by atoms with Crippen molar-refractivity contribution in [1.82, 2.24) is 9.97 Å². The number of aromatic nitrogens is 2. The van der Waals surface area contributed by atoms with Gasteiger partial charge < -0.3 is 11.5 Å². The van der Waals surface area contributed by atoms with Gasteiger partial charge in [-0.25, -0.2) is 0 Å². The number of rotatable bonds is 3. The van der Waals surface area contributed by atoms with Crippen LogP contribution in [0.15, 0.2) is 49.1 Å². The molecule has 0 amide bonds. The summed E-state index contributed by atoms with van der Waals surface area (Å²) in [6, 6.07) is 7.55. The molecule has 82 valence electrons. The number of hydrogen-bond acceptors (Lipinski definition) is 4. The molecule has 0 saturated heterocycles. The number of pyridine rings is 2. The minimum Gasteiger partial charge on any atom is -0.328 e. The van der Waals surface area contributed by atoms with Gasteiger partial charge in [0.25, 0.3) is 0 Å². The number of nitrogens with zero attached hydrogens (tertiary/aromatic N) is 2. The summed E-state index contributed by atoms with van der Waals surface area (Å²) in [5.74, 6) is 0. The maximum Gasteiger partial charge on any atom is 0.0819 e. The second-order valence-corrected chi connectivity index (χ2v) is 3.66. The molecule has 2 aromatic rings. The molecule has 0 aromatic carbocycles. The van der Waals surface area contributed by atoms with Gasteiger partial charge in [-0.3, -0.25) is 9.97 Å². The van der Waals surface area contributed by atoms with E-state index in [1.807, 2.05) is 24.3 Å². The molecular formula is C12H14N4. The minimum atomic E-state index is -0.720. The Labute approximate surface area is 94.3 Å². The van der Waals surface area contributed by atoms with E-state index in [1.165, 1.54) is 0 Å². The van der Waals surface area contributed by atoms with Crippen molar-refractivity contribution < 1.29 is 0 Å². The predicted octanol–water partition coefficient (Wildman–Crippen LogP) is 0.638. The van der Waals surface area contributed by atoms with Gasteiger partial charge in [0.1, 0.15) is 0 Å². The molecule has 4 heteroatoms. The molecule has 4 N–H and O–H groups in total. The topological polar surface area (TPSA) is 77.8 Å². The van der Waals surface area contributed by atoms with Crippen LogP contribution in [0.2, 0.25) is 0 Å². The van der Waals surface area contributed by atoms with Gasteiger partial charge in [-0.1, -0.05) is 12.1 Å². The third-order valence-electron chi connectivity index (χ3n) is 2.68. The zero-order valence-electron chi connectivity index (χ0n) is 8.88. The Hall–Kier alpha value is -1.78. The zero-order valence-corrected chi connectivity index (χ0v) is 8.88. The second kappa shape index (κ2) is 4.38. The van der Waals surface area contributed by atoms with Crippen molar-refractivity contribution in [3.8, 4) is 0 Å². The Morgan fingerprint density at radius 3 is 1.81 bits per heavy atom. The Bertz CT molecular complexity index is 402. The lowest BCUT2D eigenvalue weighted by Crippen LogP contribution is -2.45. The van der Waals surface area contributed by atoms with Crippen LogP contribution >= 0.6 is 0 Å². The average Bonchev–Trinajstić information content (AvgIpc) is 2.40. The second-order valence-electron chi connectivity index (χ2n) is 3.66. The Balaban J connectivity index is 2.49. The molecule has 0 fully saturated rings. The van der Waals surface area contributed by atoms with Crippen molar-refractivity contribution in [2.75, 3.05) is 6.54 Å². The first-order valence-electron chi connectivity index (χ1n) is 5.07. The van der Waals surface area contributed by atoms with E-state index in [1.54, 1.807) is 24.8 Å². The van der Waals surface area contributed by atoms with E-state index in [0.29, 0.717) is 6.54 Å². The van der Waals surface area contributed by atoms with Gasteiger partial charge in [-0.2, -0.15) is 0 Å². The van der Waals surface area contributed by atoms with E-state index in [2.05, 4.69) is 9.97 Å². The summed E-state index contributed by atoms with van der Waals surface area (Å²) in [4.78, 5) is 8.14. The lowest BCUT2D eigenvalue weighted by atomic mass is 9.86. The highest BCUT2D eigenvalue weighted by Crippen LogP contribution is 2.24. The fourth-order valence-corrected chi connectivity index (χ4v) is 1.66. The molecule has 0 bridgehead atoms. The molecule has 0 aliphatic rings. The van der Waals surface area contributed by atoms with Crippen LogP contribution in [0.1, 0.15) is 11.1 Å². The predicted molar refractivity (Wildman–Crippen MR) is 62.5 cm³/mol. The summed E-state index contributed by atoms with van der Waals surface area (Å²) >= 11 is 0. The van der Waals surface area contributed by atoms with Gasteiger partial charge in [0.2, 0.25) is 0 Å². The fraction of sp³-hybridized carbons (Fsp3) is 0.167. The molecule has 0 radical (unpaired) electrons. The highest BCUT2D eigenvalue weighted by atomic mass is 14.8. The molecule has 0 atom stereocenters. The van der Waals surface area contributed by atoms with Crippen LogP contribution in [0.5, 0.6) is 0 Å². The van der Waals surface area contributed by atoms with Gasteiger partial charge in [0, 0.05) is 31.3 Å². The Morgan fingerprint density at radius 2 is 1.50 bits per heavy atom. The van der Waals surface area contributed by atoms with Crippen LogP contribution in [0.3, 0.4) is 0 Å². The molecule has 0 aliphatic carbocycles. The normalized spacial score (nSPS) is 11.4. The third-order valence-corrected chi connectivity index (χ3v) is 2.68. The maximum atomic E-state index is 6.33. The summed E-state index contributed by atoms with van der Waals surface area (Å²) in [7, 11) is 0. The van der Waals surface area contributed by atoms with E-state index >= 15 is 0 Å². The molecule has 4 nitrogen and oxygen atoms in total. The van der Waals surface area contributed by atoms with E-state index in [0.717, 1.165) is 11.1 Å². The van der Waals surface area contributed by atoms with Crippen molar-refractivity contribution in [2.45, 2.75) is 5.54 Å². The van der Waals surface area contributed by atoms with E-state index in [9.17, 15) is 0 Å². The van der Waals surface area contributed by atoms with Gasteiger partial charge in [0.15, 0.2) is 0 Å². The van der Waals surface area contributed by atoms with Crippen LogP contribution in [0.4, 0.5) is 0 Å². The summed E-state index contributed by atoms with van der Waals surface area (Å²) in [5.41, 5.74) is 13.2. The quantitative estimate of drug-likeness (QED) is 0.786. The van der Waals surface area contributed by atoms with Gasteiger partial charge in [-0.05, 0) is 23.3 Å². The first-order valence-corrected chi connectivity index (χ1v) is 5.07. The SMILES string of the molecule is NCC(N)(c1cccnc1)c1cccnc1. The maximum absolute atomic E-state index is 6.33. The molecular weight excluding hydrogens is 200 g/mol. The van der Waals surface area contributed by atoms with Crippen LogP contribution in [-0.4, -0.2) is 16.5 Å². The lowest BCUT2D eigenvalue weighted by molar-refractivity contribution is 0.547. The third kappa shape index (κ3) is 1.80. The van der Waals surface area contributed by atoms with Crippen molar-refractivity contribution in [1.29, 1.82) is 0 Å². The summed E-state index contributed by atoms with van der Waals surface area (Å²) in [6.07, 6.45) is 6.90. The molecule has 0 spiro atoms. The first-order chi connectivity index (χ1) is 7.77. The van der Waals surface area contributed by atoms with E-state index in [4.69, 9.17) is 11.5 Å². The standard InChI is InChI=1S/C12H14N4/c13-9-12(14,10-3-1-5-15-7-10)11-4-2-6-16-8-11/h1-8H,9,13-14H2. The van der Waals surface area contributed by atoms with Crippen molar-refractivity contribution in [2.24, 2.45) is 11.5 Å². The minimum absolute atomic E-state index is 0.310. The first kappa shape index (κ1) is 10.7. The molecule has 2 heterocycles. The van der Waals surface area contributed by atoms with Gasteiger partial charge >= 0.3 is 0 Å². The molecule has 0 unspecified atom stereocenters. The number of hydrogen-bond donors (Lipinski definition) is 2. The van der Waals surface area contributed by atoms with Crippen molar-refractivity contribution >= 4 is 0 Å². The smallest absolute Gasteiger partial charge is 0.0819 e. The lowest BCUT2D eigenvalue weighted by Gasteiger charge is -2.28. The van der Waals surface area contributed by atoms with Crippen LogP contribution in [-0.2, 0) is 5.54 Å². The zero-order chi connectivity index (χ0) is 11.4. The highest BCUT2D eigenvalue weighted by Gasteiger charge is 2.28. The summed E-state index contributed by atoms with van der Waals surface area (Å²) in [5, 5.41) is 0. The average molecular weight is 214 g/mol.